The average Bonchev–Trinajstić information content (AvgIpc) is 2.42. The molecular formula is C14H22N2O3S. The molecule has 1 rings (SSSR count). The molecule has 6 heteroatoms. The number of nitrogens with zero attached hydrogens (tertiary/aromatic N) is 1. The monoisotopic (exact) mass is 298 g/mol. The van der Waals surface area contributed by atoms with Crippen LogP contribution in [-0.4, -0.2) is 45.1 Å². The zero-order valence-electron chi connectivity index (χ0n) is 12.0. The van der Waals surface area contributed by atoms with Crippen molar-refractivity contribution >= 4 is 15.7 Å². The second-order valence-corrected chi connectivity index (χ2v) is 6.75. The number of amides is 1. The van der Waals surface area contributed by atoms with E-state index in [2.05, 4.69) is 0 Å². The largest absolute Gasteiger partial charge is 0.339 e. The predicted molar refractivity (Wildman–Crippen MR) is 79.4 cm³/mol. The van der Waals surface area contributed by atoms with Gasteiger partial charge in [-0.25, -0.2) is 8.42 Å². The molecule has 0 unspecified atom stereocenters. The Bertz CT molecular complexity index is 555. The molecule has 1 amide bonds. The zero-order chi connectivity index (χ0) is 15.2. The third-order valence-corrected chi connectivity index (χ3v) is 4.03. The van der Waals surface area contributed by atoms with Gasteiger partial charge in [0.1, 0.15) is 0 Å². The molecule has 0 radical (unpaired) electrons. The van der Waals surface area contributed by atoms with Gasteiger partial charge >= 0.3 is 0 Å². The molecule has 20 heavy (non-hydrogen) atoms. The summed E-state index contributed by atoms with van der Waals surface area (Å²) in [6, 6.07) is 6.16. The summed E-state index contributed by atoms with van der Waals surface area (Å²) in [5.74, 6) is -0.147. The molecule has 0 fully saturated rings. The number of hydrogen-bond donors (Lipinski definition) is 1. The Morgan fingerprint density at radius 3 is 2.55 bits per heavy atom. The van der Waals surface area contributed by atoms with Crippen LogP contribution in [-0.2, 0) is 9.84 Å². The third-order valence-electron chi connectivity index (χ3n) is 2.92. The highest BCUT2D eigenvalue weighted by Crippen LogP contribution is 2.13. The van der Waals surface area contributed by atoms with Gasteiger partial charge in [0, 0.05) is 24.9 Å². The molecule has 112 valence electrons. The Morgan fingerprint density at radius 1 is 1.30 bits per heavy atom. The van der Waals surface area contributed by atoms with E-state index in [-0.39, 0.29) is 10.8 Å². The molecule has 0 aliphatic rings. The van der Waals surface area contributed by atoms with Crippen LogP contribution >= 0.6 is 0 Å². The molecule has 0 spiro atoms. The van der Waals surface area contributed by atoms with Crippen molar-refractivity contribution in [1.29, 1.82) is 0 Å². The van der Waals surface area contributed by atoms with Crippen molar-refractivity contribution in [1.82, 2.24) is 4.90 Å². The highest BCUT2D eigenvalue weighted by atomic mass is 32.2. The lowest BCUT2D eigenvalue weighted by atomic mass is 10.2. The number of benzene rings is 1. The van der Waals surface area contributed by atoms with Crippen LogP contribution in [0.4, 0.5) is 0 Å². The topological polar surface area (TPSA) is 80.5 Å². The molecule has 0 aliphatic carbocycles. The SMILES string of the molecule is CCCN(CCCN)C(=O)c1cccc(S(C)(=O)=O)c1. The Morgan fingerprint density at radius 2 is 2.00 bits per heavy atom. The highest BCUT2D eigenvalue weighted by molar-refractivity contribution is 7.90. The summed E-state index contributed by atoms with van der Waals surface area (Å²) in [5.41, 5.74) is 5.88. The number of nitrogens with two attached hydrogens (primary N) is 1. The molecule has 0 heterocycles. The van der Waals surface area contributed by atoms with Gasteiger partial charge in [0.15, 0.2) is 9.84 Å². The lowest BCUT2D eigenvalue weighted by Crippen LogP contribution is -2.33. The van der Waals surface area contributed by atoms with Gasteiger partial charge in [-0.2, -0.15) is 0 Å². The van der Waals surface area contributed by atoms with E-state index in [1.165, 1.54) is 12.1 Å². The first-order chi connectivity index (χ1) is 9.40. The van der Waals surface area contributed by atoms with Gasteiger partial charge in [-0.1, -0.05) is 13.0 Å². The second kappa shape index (κ2) is 7.40. The lowest BCUT2D eigenvalue weighted by molar-refractivity contribution is 0.0754. The average molecular weight is 298 g/mol. The third kappa shape index (κ3) is 4.61. The molecule has 0 bridgehead atoms. The maximum absolute atomic E-state index is 12.4. The van der Waals surface area contributed by atoms with Crippen molar-refractivity contribution in [2.24, 2.45) is 5.73 Å². The second-order valence-electron chi connectivity index (χ2n) is 4.73. The lowest BCUT2D eigenvalue weighted by Gasteiger charge is -2.22. The molecule has 2 N–H and O–H groups in total. The molecule has 1 aromatic carbocycles. The van der Waals surface area contributed by atoms with Crippen LogP contribution in [0.25, 0.3) is 0 Å². The van der Waals surface area contributed by atoms with Gasteiger partial charge in [-0.05, 0) is 37.6 Å². The van der Waals surface area contributed by atoms with Crippen LogP contribution in [0.3, 0.4) is 0 Å². The summed E-state index contributed by atoms with van der Waals surface area (Å²) >= 11 is 0. The van der Waals surface area contributed by atoms with E-state index in [1.807, 2.05) is 6.92 Å². The van der Waals surface area contributed by atoms with Crippen LogP contribution in [0.15, 0.2) is 29.2 Å². The first kappa shape index (κ1) is 16.7. The first-order valence-electron chi connectivity index (χ1n) is 6.69. The fourth-order valence-corrected chi connectivity index (χ4v) is 2.58. The smallest absolute Gasteiger partial charge is 0.253 e. The van der Waals surface area contributed by atoms with E-state index in [9.17, 15) is 13.2 Å². The minimum Gasteiger partial charge on any atom is -0.339 e. The fraction of sp³-hybridized carbons (Fsp3) is 0.500. The number of sulfone groups is 1. The Labute approximate surface area is 120 Å². The van der Waals surface area contributed by atoms with Gasteiger partial charge in [0.2, 0.25) is 0 Å². The van der Waals surface area contributed by atoms with Gasteiger partial charge in [-0.3, -0.25) is 4.79 Å². The zero-order valence-corrected chi connectivity index (χ0v) is 12.8. The summed E-state index contributed by atoms with van der Waals surface area (Å²) in [5, 5.41) is 0. The highest BCUT2D eigenvalue weighted by Gasteiger charge is 2.16. The number of carbonyl (C=O) groups excluding carboxylic acids is 1. The summed E-state index contributed by atoms with van der Waals surface area (Å²) in [6.45, 7) is 3.75. The fourth-order valence-electron chi connectivity index (χ4n) is 1.91. The van der Waals surface area contributed by atoms with E-state index < -0.39 is 9.84 Å². The van der Waals surface area contributed by atoms with Crippen molar-refractivity contribution in [3.05, 3.63) is 29.8 Å². The maximum atomic E-state index is 12.4. The molecule has 5 nitrogen and oxygen atoms in total. The Kier molecular flexibility index (Phi) is 6.16. The molecule has 0 atom stereocenters. The van der Waals surface area contributed by atoms with E-state index in [0.29, 0.717) is 25.2 Å². The van der Waals surface area contributed by atoms with Crippen LogP contribution in [0, 0.1) is 0 Å². The van der Waals surface area contributed by atoms with Crippen molar-refractivity contribution in [3.63, 3.8) is 0 Å². The summed E-state index contributed by atoms with van der Waals surface area (Å²) in [4.78, 5) is 14.3. The van der Waals surface area contributed by atoms with E-state index in [4.69, 9.17) is 5.73 Å². The van der Waals surface area contributed by atoms with Gasteiger partial charge < -0.3 is 10.6 Å². The molecule has 0 saturated heterocycles. The molecular weight excluding hydrogens is 276 g/mol. The summed E-state index contributed by atoms with van der Waals surface area (Å²) in [7, 11) is -3.30. The van der Waals surface area contributed by atoms with Crippen LogP contribution in [0.5, 0.6) is 0 Å². The predicted octanol–water partition coefficient (Wildman–Crippen LogP) is 1.29. The first-order valence-corrected chi connectivity index (χ1v) is 8.58. The number of rotatable bonds is 7. The van der Waals surface area contributed by atoms with E-state index >= 15 is 0 Å². The number of hydrogen-bond acceptors (Lipinski definition) is 4. The minimum atomic E-state index is -3.30. The quantitative estimate of drug-likeness (QED) is 0.822. The van der Waals surface area contributed by atoms with Crippen LogP contribution < -0.4 is 5.73 Å². The minimum absolute atomic E-state index is 0.147. The van der Waals surface area contributed by atoms with Crippen LogP contribution in [0.1, 0.15) is 30.1 Å². The summed E-state index contributed by atoms with van der Waals surface area (Å²) in [6.07, 6.45) is 2.72. The van der Waals surface area contributed by atoms with E-state index in [0.717, 1.165) is 19.1 Å². The van der Waals surface area contributed by atoms with E-state index in [1.54, 1.807) is 17.0 Å². The summed E-state index contributed by atoms with van der Waals surface area (Å²) < 4.78 is 23.1. The van der Waals surface area contributed by atoms with Gasteiger partial charge in [-0.15, -0.1) is 0 Å². The van der Waals surface area contributed by atoms with Crippen molar-refractivity contribution < 1.29 is 13.2 Å². The molecule has 0 aliphatic heterocycles. The molecule has 0 saturated carbocycles. The Hall–Kier alpha value is -1.40. The normalized spacial score (nSPS) is 11.3. The van der Waals surface area contributed by atoms with Gasteiger partial charge in [0.05, 0.1) is 4.90 Å². The maximum Gasteiger partial charge on any atom is 0.253 e. The number of carbonyl (C=O) groups is 1. The Balaban J connectivity index is 2.99. The molecule has 1 aromatic rings. The van der Waals surface area contributed by atoms with Crippen LogP contribution in [0.2, 0.25) is 0 Å². The standard InChI is InChI=1S/C14H22N2O3S/c1-3-9-16(10-5-8-15)14(17)12-6-4-7-13(11-12)20(2,18)19/h4,6-7,11H,3,5,8-10,15H2,1-2H3. The van der Waals surface area contributed by atoms with Crippen molar-refractivity contribution in [3.8, 4) is 0 Å². The van der Waals surface area contributed by atoms with Crippen molar-refractivity contribution in [2.75, 3.05) is 25.9 Å². The van der Waals surface area contributed by atoms with Gasteiger partial charge in [0.25, 0.3) is 5.91 Å². The van der Waals surface area contributed by atoms with Crippen molar-refractivity contribution in [2.45, 2.75) is 24.7 Å². The molecule has 0 aromatic heterocycles.